The van der Waals surface area contributed by atoms with Crippen molar-refractivity contribution in [3.8, 4) is 0 Å². The van der Waals surface area contributed by atoms with Crippen LogP contribution in [-0.2, 0) is 14.4 Å². The Labute approximate surface area is 39.0 Å². The van der Waals surface area contributed by atoms with E-state index in [2.05, 4.69) is 12.2 Å². The summed E-state index contributed by atoms with van der Waals surface area (Å²) < 4.78 is 0. The molecule has 0 aliphatic heterocycles. The Morgan fingerprint density at radius 1 is 1.17 bits per heavy atom. The highest BCUT2D eigenvalue weighted by Gasteiger charge is 1.13. The second-order valence-electron chi connectivity index (χ2n) is 0.167. The average Bonchev–Trinajstić information content (AvgIpc) is 1.39. The van der Waals surface area contributed by atoms with Gasteiger partial charge in [-0.05, 0) is 0 Å². The van der Waals surface area contributed by atoms with Gasteiger partial charge in [0.1, 0.15) is 0 Å². The maximum atomic E-state index is 8.50. The third-order valence-corrected chi connectivity index (χ3v) is 0. The molecule has 0 heterocycles. The average molecular weight is 104 g/mol. The Morgan fingerprint density at radius 3 is 1.17 bits per heavy atom. The van der Waals surface area contributed by atoms with E-state index in [1.165, 1.54) is 0 Å². The first kappa shape index (κ1) is 8.95. The fourth-order valence-corrected chi connectivity index (χ4v) is 0. The van der Waals surface area contributed by atoms with Gasteiger partial charge in [0.2, 0.25) is 5.23 Å². The van der Waals surface area contributed by atoms with Gasteiger partial charge in [-0.3, -0.25) is 0 Å². The zero-order valence-electron chi connectivity index (χ0n) is 2.63. The van der Waals surface area contributed by atoms with Crippen LogP contribution >= 0.6 is 12.2 Å². The summed E-state index contributed by atoms with van der Waals surface area (Å²) >= 11 is 3.59. The molecule has 0 fully saturated rings. The molecule has 0 aliphatic rings. The van der Waals surface area contributed by atoms with Crippen molar-refractivity contribution < 1.29 is 14.4 Å². The maximum Gasteiger partial charge on any atom is 0.373 e. The third kappa shape index (κ3) is 22.5. The van der Waals surface area contributed by atoms with Crippen molar-refractivity contribution in [1.82, 2.24) is 0 Å². The molecule has 0 spiro atoms. The highest BCUT2D eigenvalue weighted by molar-refractivity contribution is 7.78. The lowest BCUT2D eigenvalue weighted by Gasteiger charge is -0.970. The van der Waals surface area contributed by atoms with Crippen molar-refractivity contribution in [2.45, 2.75) is 0 Å². The Morgan fingerprint density at radius 2 is 1.17 bits per heavy atom. The van der Waals surface area contributed by atoms with Crippen LogP contribution in [-0.4, -0.2) is 11.4 Å². The lowest BCUT2D eigenvalue weighted by atomic mass is 11.8. The molecule has 32 valence electrons. The summed E-state index contributed by atoms with van der Waals surface area (Å²) in [6.07, 6.45) is 0.250. The number of thiocarbonyl (C=S) groups is 1. The van der Waals surface area contributed by atoms with Gasteiger partial charge in [-0.2, -0.15) is 9.59 Å². The summed E-state index contributed by atoms with van der Waals surface area (Å²) in [5.74, 6) is 0. The highest BCUT2D eigenvalue weighted by Crippen LogP contribution is 1.14. The molecule has 0 N–H and O–H groups in total. The predicted molar refractivity (Wildman–Crippen MR) is 18.3 cm³/mol. The van der Waals surface area contributed by atoms with E-state index in [1.807, 2.05) is 0 Å². The third-order valence-electron chi connectivity index (χ3n) is 0. The summed E-state index contributed by atoms with van der Waals surface area (Å²) in [5, 5.41) is 1.08. The first-order valence-electron chi connectivity index (χ1n) is 0.816. The molecule has 0 atom stereocenters. The zero-order valence-corrected chi connectivity index (χ0v) is 3.45. The minimum Gasteiger partial charge on any atom is -0.220 e. The van der Waals surface area contributed by atoms with Crippen LogP contribution < -0.4 is 0 Å². The quantitative estimate of drug-likeness (QED) is 0.395. The van der Waals surface area contributed by atoms with E-state index in [1.54, 1.807) is 0 Å². The molecule has 0 amide bonds. The molecule has 0 aromatic rings. The maximum absolute atomic E-state index is 8.50. The van der Waals surface area contributed by atoms with Crippen LogP contribution in [0.1, 0.15) is 0 Å². The van der Waals surface area contributed by atoms with Gasteiger partial charge in [0.15, 0.2) is 0 Å². The molecule has 0 unspecified atom stereocenters. The Balaban J connectivity index is 0. The fourth-order valence-electron chi connectivity index (χ4n) is 0. The summed E-state index contributed by atoms with van der Waals surface area (Å²) in [5.41, 5.74) is 0. The topological polar surface area (TPSA) is 51.2 Å². The van der Waals surface area contributed by atoms with E-state index in [0.717, 1.165) is 5.23 Å². The molecule has 0 rings (SSSR count). The monoisotopic (exact) mass is 104 g/mol. The van der Waals surface area contributed by atoms with Gasteiger partial charge in [-0.25, -0.2) is 4.79 Å². The first-order valence-corrected chi connectivity index (χ1v) is 1.22. The molecule has 6 heavy (non-hydrogen) atoms. The van der Waals surface area contributed by atoms with Crippen LogP contribution in [0.5, 0.6) is 0 Å². The van der Waals surface area contributed by atoms with Crippen LogP contribution in [0.4, 0.5) is 0 Å². The summed E-state index contributed by atoms with van der Waals surface area (Å²) in [4.78, 5) is 24.7. The van der Waals surface area contributed by atoms with E-state index in [0.29, 0.717) is 0 Å². The molecule has 0 bridgehead atoms. The van der Waals surface area contributed by atoms with Crippen molar-refractivity contribution in [2.75, 3.05) is 0 Å². The van der Waals surface area contributed by atoms with Crippen molar-refractivity contribution in [2.24, 2.45) is 0 Å². The Bertz CT molecular complexity index is 62.8. The Hall–Kier alpha value is -0.820. The van der Waals surface area contributed by atoms with Crippen LogP contribution in [0, 0.1) is 0 Å². The van der Waals surface area contributed by atoms with E-state index in [9.17, 15) is 0 Å². The number of hydrogen-bond acceptors (Lipinski definition) is 4. The molecular weight excluding hydrogens is 104 g/mol. The lowest BCUT2D eigenvalue weighted by molar-refractivity contribution is -0.191. The molecule has 0 saturated heterocycles. The van der Waals surface area contributed by atoms with Crippen LogP contribution in [0.25, 0.3) is 0 Å². The fraction of sp³-hybridized carbons (Fsp3) is 0. The molecule has 0 aromatic heterocycles. The van der Waals surface area contributed by atoms with E-state index in [4.69, 9.17) is 14.4 Å². The minimum atomic E-state index is 0.250. The molecule has 0 aliphatic carbocycles. The van der Waals surface area contributed by atoms with E-state index >= 15 is 0 Å². The molecule has 0 saturated carbocycles. The van der Waals surface area contributed by atoms with Crippen molar-refractivity contribution in [3.63, 3.8) is 0 Å². The molecular formula is C2O3S. The van der Waals surface area contributed by atoms with Crippen molar-refractivity contribution >= 4 is 23.6 Å². The van der Waals surface area contributed by atoms with Gasteiger partial charge < -0.3 is 0 Å². The lowest BCUT2D eigenvalue weighted by Crippen LogP contribution is -1.22. The summed E-state index contributed by atoms with van der Waals surface area (Å²) in [6.45, 7) is 0. The van der Waals surface area contributed by atoms with E-state index < -0.39 is 0 Å². The summed E-state index contributed by atoms with van der Waals surface area (Å²) in [6, 6.07) is 0. The van der Waals surface area contributed by atoms with Gasteiger partial charge in [-0.15, -0.1) is 0 Å². The highest BCUT2D eigenvalue weighted by atomic mass is 32.1. The van der Waals surface area contributed by atoms with Gasteiger partial charge in [-0.1, -0.05) is 0 Å². The normalized spacial score (nSPS) is 2.67. The smallest absolute Gasteiger partial charge is 0.220 e. The van der Waals surface area contributed by atoms with Gasteiger partial charge >= 0.3 is 6.15 Å². The van der Waals surface area contributed by atoms with Crippen molar-refractivity contribution in [3.05, 3.63) is 0 Å². The number of carbonyl (C=O) groups excluding carboxylic acids is 3. The van der Waals surface area contributed by atoms with Crippen molar-refractivity contribution in [1.29, 1.82) is 0 Å². The van der Waals surface area contributed by atoms with Crippen LogP contribution in [0.2, 0.25) is 0 Å². The molecule has 0 aromatic carbocycles. The van der Waals surface area contributed by atoms with Gasteiger partial charge in [0.05, 0.1) is 0 Å². The van der Waals surface area contributed by atoms with Crippen LogP contribution in [0.15, 0.2) is 0 Å². The standard InChI is InChI=1S/CO2.COS/c2*2-1-3. The molecule has 4 heteroatoms. The molecule has 3 nitrogen and oxygen atoms in total. The number of rotatable bonds is 0. The second kappa shape index (κ2) is 30.4. The predicted octanol–water partition coefficient (Wildman–Crippen LogP) is -0.332. The SMILES string of the molecule is O=C=O.O=C=S. The first-order chi connectivity index (χ1) is 2.83. The van der Waals surface area contributed by atoms with E-state index in [-0.39, 0.29) is 6.15 Å². The van der Waals surface area contributed by atoms with Gasteiger partial charge in [0, 0.05) is 12.2 Å². The summed E-state index contributed by atoms with van der Waals surface area (Å²) in [7, 11) is 0. The minimum absolute atomic E-state index is 0.250. The zero-order chi connectivity index (χ0) is 5.41. The largest absolute Gasteiger partial charge is 0.373 e. The van der Waals surface area contributed by atoms with Crippen LogP contribution in [0.3, 0.4) is 0 Å². The second-order valence-corrected chi connectivity index (χ2v) is 0.333. The van der Waals surface area contributed by atoms with Gasteiger partial charge in [0.25, 0.3) is 0 Å². The Kier molecular flexibility index (Phi) is 45.3. The molecule has 0 radical (unpaired) electrons. The number of hydrogen-bond donors (Lipinski definition) is 0.